The van der Waals surface area contributed by atoms with E-state index in [0.29, 0.717) is 39.8 Å². The van der Waals surface area contributed by atoms with Gasteiger partial charge in [0.25, 0.3) is 5.95 Å². The summed E-state index contributed by atoms with van der Waals surface area (Å²) in [5.74, 6) is 0.644. The molecular formula is C25H26Cl3N7O. The number of anilines is 2. The van der Waals surface area contributed by atoms with Gasteiger partial charge in [-0.25, -0.2) is 14.8 Å². The number of aromatic nitrogens is 2. The van der Waals surface area contributed by atoms with Gasteiger partial charge in [-0.3, -0.25) is 5.32 Å². The molecule has 1 fully saturated rings. The van der Waals surface area contributed by atoms with Crippen LogP contribution in [-0.2, 0) is 0 Å². The number of carbonyl (C=O) groups excluding carboxylic acids is 1. The van der Waals surface area contributed by atoms with Crippen LogP contribution >= 0.6 is 34.8 Å². The third-order valence-corrected chi connectivity index (χ3v) is 6.64. The molecule has 4 rings (SSSR count). The van der Waals surface area contributed by atoms with E-state index in [1.54, 1.807) is 18.2 Å². The average molecular weight is 547 g/mol. The topological polar surface area (TPSA) is 85.7 Å². The molecule has 2 heterocycles. The summed E-state index contributed by atoms with van der Waals surface area (Å²) in [5, 5.41) is 7.09. The van der Waals surface area contributed by atoms with E-state index in [0.717, 1.165) is 35.7 Å². The molecule has 0 spiro atoms. The van der Waals surface area contributed by atoms with Crippen LogP contribution in [0.3, 0.4) is 0 Å². The summed E-state index contributed by atoms with van der Waals surface area (Å²) in [4.78, 5) is 30.6. The Labute approximate surface area is 225 Å². The zero-order valence-electron chi connectivity index (χ0n) is 20.1. The first-order valence-electron chi connectivity index (χ1n) is 11.4. The number of urea groups is 1. The second-order valence-electron chi connectivity index (χ2n) is 8.50. The molecule has 1 aromatic heterocycles. The van der Waals surface area contributed by atoms with Gasteiger partial charge in [-0.1, -0.05) is 40.9 Å². The number of nitrogens with one attached hydrogen (secondary N) is 2. The largest absolute Gasteiger partial charge is 0.368 e. The molecular weight excluding hydrogens is 521 g/mol. The van der Waals surface area contributed by atoms with Crippen molar-refractivity contribution in [2.45, 2.75) is 20.8 Å². The van der Waals surface area contributed by atoms with Crippen molar-refractivity contribution in [1.29, 1.82) is 0 Å². The van der Waals surface area contributed by atoms with Crippen molar-refractivity contribution in [3.05, 3.63) is 74.5 Å². The summed E-state index contributed by atoms with van der Waals surface area (Å²) in [6.45, 7) is 8.53. The average Bonchev–Trinajstić information content (AvgIpc) is 2.82. The normalized spacial score (nSPS) is 14.1. The maximum atomic E-state index is 12.9. The number of nitrogens with zero attached hydrogens (tertiary/aromatic N) is 5. The maximum absolute atomic E-state index is 12.9. The fourth-order valence-electron chi connectivity index (χ4n) is 3.95. The first-order valence-corrected chi connectivity index (χ1v) is 12.5. The number of hydrogen-bond acceptors (Lipinski definition) is 5. The zero-order valence-corrected chi connectivity index (χ0v) is 22.4. The minimum absolute atomic E-state index is 0.283. The number of halogens is 3. The Morgan fingerprint density at radius 1 is 0.889 bits per heavy atom. The first-order chi connectivity index (χ1) is 17.2. The third kappa shape index (κ3) is 6.57. The zero-order chi connectivity index (χ0) is 25.8. The van der Waals surface area contributed by atoms with Crippen molar-refractivity contribution in [2.24, 2.45) is 4.99 Å². The highest BCUT2D eigenvalue weighted by molar-refractivity contribution is 6.42. The number of piperazine rings is 1. The van der Waals surface area contributed by atoms with E-state index in [1.165, 1.54) is 0 Å². The molecule has 2 aromatic carbocycles. The summed E-state index contributed by atoms with van der Waals surface area (Å²) in [6, 6.07) is 12.2. The Morgan fingerprint density at radius 3 is 2.25 bits per heavy atom. The van der Waals surface area contributed by atoms with Gasteiger partial charge in [0.15, 0.2) is 0 Å². The Kier molecular flexibility index (Phi) is 8.18. The van der Waals surface area contributed by atoms with Crippen molar-refractivity contribution in [3.63, 3.8) is 0 Å². The monoisotopic (exact) mass is 545 g/mol. The Hall–Kier alpha value is -3.07. The quantitative estimate of drug-likeness (QED) is 0.311. The predicted octanol–water partition coefficient (Wildman–Crippen LogP) is 5.99. The van der Waals surface area contributed by atoms with Crippen LogP contribution in [0.5, 0.6) is 0 Å². The van der Waals surface area contributed by atoms with Crippen molar-refractivity contribution in [1.82, 2.24) is 20.2 Å². The van der Waals surface area contributed by atoms with Crippen LogP contribution in [0.25, 0.3) is 0 Å². The molecule has 36 heavy (non-hydrogen) atoms. The molecule has 0 unspecified atom stereocenters. The smallest absolute Gasteiger partial charge is 0.326 e. The number of rotatable bonds is 3. The molecule has 0 radical (unpaired) electrons. The number of hydrogen-bond donors (Lipinski definition) is 2. The van der Waals surface area contributed by atoms with Gasteiger partial charge < -0.3 is 15.1 Å². The van der Waals surface area contributed by atoms with E-state index in [4.69, 9.17) is 34.8 Å². The predicted molar refractivity (Wildman–Crippen MR) is 147 cm³/mol. The maximum Gasteiger partial charge on any atom is 0.326 e. The minimum Gasteiger partial charge on any atom is -0.368 e. The molecule has 0 bridgehead atoms. The van der Waals surface area contributed by atoms with E-state index in [-0.39, 0.29) is 5.95 Å². The second kappa shape index (κ2) is 11.3. The fourth-order valence-corrected chi connectivity index (χ4v) is 4.41. The van der Waals surface area contributed by atoms with Gasteiger partial charge in [0, 0.05) is 54.0 Å². The van der Waals surface area contributed by atoms with Gasteiger partial charge in [0.1, 0.15) is 0 Å². The lowest BCUT2D eigenvalue weighted by atomic mass is 10.1. The molecule has 11 heteroatoms. The number of aryl methyl sites for hydroxylation is 3. The SMILES string of the molecule is Cc1cc(C)nc(/N=C(\NC(=O)Nc2ccc(Cl)c(Cl)c2)N2CCN(c3cc(Cl)ccc3C)CC2)n1. The third-order valence-electron chi connectivity index (χ3n) is 5.67. The standard InChI is InChI=1S/C25H26Cl3N7O/c1-15-4-5-18(26)13-22(15)34-8-10-35(11-9-34)24(32-23-29-16(2)12-17(3)30-23)33-25(36)31-19-6-7-20(27)21(28)14-19/h4-7,12-14H,8-11H2,1-3H3,(H2,29,30,31,32,33,36). The van der Waals surface area contributed by atoms with Crippen molar-refractivity contribution < 1.29 is 4.79 Å². The Morgan fingerprint density at radius 2 is 1.58 bits per heavy atom. The summed E-state index contributed by atoms with van der Waals surface area (Å²) in [7, 11) is 0. The number of aliphatic imine (C=N–C) groups is 1. The molecule has 188 valence electrons. The Balaban J connectivity index is 1.54. The van der Waals surface area contributed by atoms with Crippen LogP contribution < -0.4 is 15.5 Å². The van der Waals surface area contributed by atoms with Gasteiger partial charge in [-0.15, -0.1) is 0 Å². The highest BCUT2D eigenvalue weighted by Crippen LogP contribution is 2.26. The number of benzene rings is 2. The van der Waals surface area contributed by atoms with Crippen molar-refractivity contribution >= 4 is 64.1 Å². The highest BCUT2D eigenvalue weighted by atomic mass is 35.5. The van der Waals surface area contributed by atoms with Gasteiger partial charge in [0.2, 0.25) is 5.96 Å². The van der Waals surface area contributed by atoms with E-state index in [2.05, 4.69) is 37.4 Å². The molecule has 2 amide bonds. The summed E-state index contributed by atoms with van der Waals surface area (Å²) >= 11 is 18.3. The van der Waals surface area contributed by atoms with Crippen LogP contribution in [0.1, 0.15) is 17.0 Å². The summed E-state index contributed by atoms with van der Waals surface area (Å²) in [6.07, 6.45) is 0. The highest BCUT2D eigenvalue weighted by Gasteiger charge is 2.23. The molecule has 0 saturated carbocycles. The van der Waals surface area contributed by atoms with E-state index < -0.39 is 6.03 Å². The van der Waals surface area contributed by atoms with E-state index in [9.17, 15) is 4.79 Å². The lowest BCUT2D eigenvalue weighted by molar-refractivity contribution is 0.254. The van der Waals surface area contributed by atoms with Gasteiger partial charge in [-0.2, -0.15) is 4.99 Å². The first kappa shape index (κ1) is 26.0. The molecule has 1 aliphatic rings. The van der Waals surface area contributed by atoms with Crippen LogP contribution in [-0.4, -0.2) is 53.0 Å². The van der Waals surface area contributed by atoms with Crippen LogP contribution in [0.4, 0.5) is 22.1 Å². The van der Waals surface area contributed by atoms with Crippen LogP contribution in [0, 0.1) is 20.8 Å². The van der Waals surface area contributed by atoms with Crippen LogP contribution in [0.15, 0.2) is 47.5 Å². The summed E-state index contributed by atoms with van der Waals surface area (Å²) < 4.78 is 0. The second-order valence-corrected chi connectivity index (χ2v) is 9.75. The van der Waals surface area contributed by atoms with E-state index >= 15 is 0 Å². The number of guanidine groups is 1. The lowest BCUT2D eigenvalue weighted by Gasteiger charge is -2.38. The lowest BCUT2D eigenvalue weighted by Crippen LogP contribution is -2.54. The van der Waals surface area contributed by atoms with E-state index in [1.807, 2.05) is 43.0 Å². The number of carbonyl (C=O) groups is 1. The van der Waals surface area contributed by atoms with Crippen molar-refractivity contribution in [3.8, 4) is 0 Å². The van der Waals surface area contributed by atoms with Crippen molar-refractivity contribution in [2.75, 3.05) is 36.4 Å². The molecule has 0 atom stereocenters. The molecule has 2 N–H and O–H groups in total. The molecule has 0 aliphatic carbocycles. The number of amides is 2. The molecule has 1 aliphatic heterocycles. The fraction of sp³-hybridized carbons (Fsp3) is 0.280. The minimum atomic E-state index is -0.468. The van der Waals surface area contributed by atoms with Crippen LogP contribution in [0.2, 0.25) is 15.1 Å². The van der Waals surface area contributed by atoms with Gasteiger partial charge >= 0.3 is 6.03 Å². The Bertz CT molecular complexity index is 1290. The van der Waals surface area contributed by atoms with Gasteiger partial charge in [-0.05, 0) is 62.7 Å². The summed E-state index contributed by atoms with van der Waals surface area (Å²) in [5.41, 5.74) is 4.35. The van der Waals surface area contributed by atoms with Gasteiger partial charge in [0.05, 0.1) is 10.0 Å². The molecule has 8 nitrogen and oxygen atoms in total. The molecule has 3 aromatic rings. The molecule has 1 saturated heterocycles.